The summed E-state index contributed by atoms with van der Waals surface area (Å²) in [6.07, 6.45) is 0.458. The number of benzene rings is 1. The van der Waals surface area contributed by atoms with Crippen molar-refractivity contribution in [2.45, 2.75) is 40.0 Å². The second-order valence-electron chi connectivity index (χ2n) is 8.22. The van der Waals surface area contributed by atoms with Crippen molar-refractivity contribution < 1.29 is 33.3 Å². The molecule has 0 saturated carbocycles. The van der Waals surface area contributed by atoms with E-state index >= 15 is 0 Å². The van der Waals surface area contributed by atoms with Gasteiger partial charge in [-0.05, 0) is 66.7 Å². The Morgan fingerprint density at radius 1 is 1.18 bits per heavy atom. The summed E-state index contributed by atoms with van der Waals surface area (Å²) >= 11 is 3.54. The van der Waals surface area contributed by atoms with Crippen molar-refractivity contribution in [1.29, 1.82) is 0 Å². The van der Waals surface area contributed by atoms with Gasteiger partial charge in [-0.25, -0.2) is 4.79 Å². The number of halogens is 1. The van der Waals surface area contributed by atoms with E-state index in [0.717, 1.165) is 0 Å². The first-order valence-corrected chi connectivity index (χ1v) is 12.0. The summed E-state index contributed by atoms with van der Waals surface area (Å²) < 4.78 is 22.2. The Labute approximate surface area is 207 Å². The molecule has 184 valence electrons. The highest BCUT2D eigenvalue weighted by Gasteiger charge is 2.47. The van der Waals surface area contributed by atoms with E-state index in [9.17, 15) is 14.4 Å². The van der Waals surface area contributed by atoms with Crippen molar-refractivity contribution >= 4 is 33.7 Å². The van der Waals surface area contributed by atoms with Gasteiger partial charge in [0.1, 0.15) is 5.92 Å². The van der Waals surface area contributed by atoms with Gasteiger partial charge in [0, 0.05) is 22.9 Å². The first kappa shape index (κ1) is 25.8. The number of rotatable bonds is 7. The highest BCUT2D eigenvalue weighted by Crippen LogP contribution is 2.48. The van der Waals surface area contributed by atoms with Gasteiger partial charge in [0.25, 0.3) is 0 Å². The largest absolute Gasteiger partial charge is 0.493 e. The topological polar surface area (TPSA) is 100 Å². The molecule has 0 saturated heterocycles. The fraction of sp³-hybridized carbons (Fsp3) is 0.480. The molecule has 3 rings (SSSR count). The van der Waals surface area contributed by atoms with E-state index in [-0.39, 0.29) is 18.3 Å². The van der Waals surface area contributed by atoms with Gasteiger partial charge in [0.15, 0.2) is 17.3 Å². The van der Waals surface area contributed by atoms with Crippen LogP contribution in [0.4, 0.5) is 0 Å². The van der Waals surface area contributed by atoms with Gasteiger partial charge in [-0.15, -0.1) is 0 Å². The highest BCUT2D eigenvalue weighted by atomic mass is 79.9. The van der Waals surface area contributed by atoms with Crippen molar-refractivity contribution in [3.8, 4) is 11.5 Å². The molecule has 0 spiro atoms. The molecule has 0 radical (unpaired) electrons. The number of ketones is 1. The van der Waals surface area contributed by atoms with Crippen LogP contribution in [0.25, 0.3) is 0 Å². The molecule has 1 aromatic rings. The predicted molar refractivity (Wildman–Crippen MR) is 128 cm³/mol. The van der Waals surface area contributed by atoms with Gasteiger partial charge in [-0.1, -0.05) is 6.92 Å². The van der Waals surface area contributed by atoms with Gasteiger partial charge in [0.05, 0.1) is 37.5 Å². The third kappa shape index (κ3) is 4.58. The first-order chi connectivity index (χ1) is 16.2. The molecule has 0 fully saturated rings. The standard InChI is InChI=1S/C25H30BrNO7/c1-7-33-23-15(26)10-14(11-17(23)31-5)20-19(25(30)34-8-2)13(4)27-16-9-12(3)18(24(29)32-6)22(28)21(16)20/h10-12,18,20,27H,7-9H2,1-6H3/t12-,18+,20-/m0/s1. The summed E-state index contributed by atoms with van der Waals surface area (Å²) in [6.45, 7) is 7.83. The Balaban J connectivity index is 2.26. The molecule has 3 atom stereocenters. The summed E-state index contributed by atoms with van der Waals surface area (Å²) in [7, 11) is 2.79. The van der Waals surface area contributed by atoms with Crippen LogP contribution in [0.3, 0.4) is 0 Å². The van der Waals surface area contributed by atoms with E-state index in [1.54, 1.807) is 26.0 Å². The maximum atomic E-state index is 13.8. The van der Waals surface area contributed by atoms with Crippen LogP contribution < -0.4 is 14.8 Å². The summed E-state index contributed by atoms with van der Waals surface area (Å²) in [6, 6.07) is 3.56. The van der Waals surface area contributed by atoms with Gasteiger partial charge in [-0.3, -0.25) is 9.59 Å². The van der Waals surface area contributed by atoms with Crippen molar-refractivity contribution in [1.82, 2.24) is 5.32 Å². The van der Waals surface area contributed by atoms with Crippen molar-refractivity contribution in [3.05, 3.63) is 44.7 Å². The van der Waals surface area contributed by atoms with Crippen LogP contribution in [0.5, 0.6) is 11.5 Å². The summed E-state index contributed by atoms with van der Waals surface area (Å²) in [5, 5.41) is 3.24. The molecule has 9 heteroatoms. The predicted octanol–water partition coefficient (Wildman–Crippen LogP) is 4.03. The SMILES string of the molecule is CCOC(=O)C1=C(C)NC2=C(C(=O)[C@H](C(=O)OC)[C@@H](C)C2)[C@H]1c1cc(Br)c(OCC)c(OC)c1. The lowest BCUT2D eigenvalue weighted by atomic mass is 9.69. The molecule has 1 aliphatic heterocycles. The number of ether oxygens (including phenoxy) is 4. The van der Waals surface area contributed by atoms with Crippen LogP contribution in [0.2, 0.25) is 0 Å². The monoisotopic (exact) mass is 535 g/mol. The van der Waals surface area contributed by atoms with Crippen LogP contribution in [-0.2, 0) is 23.9 Å². The van der Waals surface area contributed by atoms with Crippen LogP contribution in [0.1, 0.15) is 45.6 Å². The van der Waals surface area contributed by atoms with Crippen LogP contribution in [0.15, 0.2) is 39.1 Å². The summed E-state index contributed by atoms with van der Waals surface area (Å²) in [5.41, 5.74) is 2.60. The van der Waals surface area contributed by atoms with Crippen LogP contribution in [-0.4, -0.2) is 45.2 Å². The number of nitrogens with one attached hydrogen (secondary N) is 1. The Bertz CT molecular complexity index is 1080. The van der Waals surface area contributed by atoms with Crippen LogP contribution >= 0.6 is 15.9 Å². The van der Waals surface area contributed by atoms with Gasteiger partial charge in [-0.2, -0.15) is 0 Å². The molecular formula is C25H30BrNO7. The zero-order chi connectivity index (χ0) is 25.2. The van der Waals surface area contributed by atoms with Gasteiger partial charge >= 0.3 is 11.9 Å². The quantitative estimate of drug-likeness (QED) is 0.412. The Kier molecular flexibility index (Phi) is 8.07. The number of dihydropyridines is 1. The number of hydrogen-bond acceptors (Lipinski definition) is 8. The molecule has 2 aliphatic rings. The van der Waals surface area contributed by atoms with E-state index in [4.69, 9.17) is 18.9 Å². The lowest BCUT2D eigenvalue weighted by molar-refractivity contribution is -0.151. The Hall–Kier alpha value is -2.81. The Morgan fingerprint density at radius 2 is 1.88 bits per heavy atom. The van der Waals surface area contributed by atoms with E-state index in [1.807, 2.05) is 13.8 Å². The minimum absolute atomic E-state index is 0.181. The summed E-state index contributed by atoms with van der Waals surface area (Å²) in [5.74, 6) is -2.49. The molecule has 1 heterocycles. The minimum Gasteiger partial charge on any atom is -0.493 e. The molecule has 8 nitrogen and oxygen atoms in total. The fourth-order valence-corrected chi connectivity index (χ4v) is 5.26. The highest BCUT2D eigenvalue weighted by molar-refractivity contribution is 9.10. The average Bonchev–Trinajstić information content (AvgIpc) is 2.79. The molecule has 34 heavy (non-hydrogen) atoms. The molecule has 0 unspecified atom stereocenters. The number of allylic oxidation sites excluding steroid dienone is 3. The van der Waals surface area contributed by atoms with E-state index in [0.29, 0.717) is 57.1 Å². The molecule has 0 bridgehead atoms. The lowest BCUT2D eigenvalue weighted by Gasteiger charge is -2.38. The smallest absolute Gasteiger partial charge is 0.336 e. The third-order valence-electron chi connectivity index (χ3n) is 6.11. The maximum Gasteiger partial charge on any atom is 0.336 e. The summed E-state index contributed by atoms with van der Waals surface area (Å²) in [4.78, 5) is 39.4. The number of methoxy groups -OCH3 is 2. The molecule has 0 amide bonds. The second-order valence-corrected chi connectivity index (χ2v) is 9.08. The van der Waals surface area contributed by atoms with Crippen molar-refractivity contribution in [2.24, 2.45) is 11.8 Å². The Morgan fingerprint density at radius 3 is 2.47 bits per heavy atom. The van der Waals surface area contributed by atoms with Crippen LogP contribution in [0, 0.1) is 11.8 Å². The number of esters is 2. The number of carbonyl (C=O) groups excluding carboxylic acids is 3. The molecule has 1 N–H and O–H groups in total. The van der Waals surface area contributed by atoms with Crippen molar-refractivity contribution in [3.63, 3.8) is 0 Å². The fourth-order valence-electron chi connectivity index (χ4n) is 4.68. The molecular weight excluding hydrogens is 506 g/mol. The number of hydrogen-bond donors (Lipinski definition) is 1. The van der Waals surface area contributed by atoms with E-state index < -0.39 is 23.8 Å². The lowest BCUT2D eigenvalue weighted by Crippen LogP contribution is -2.43. The second kappa shape index (κ2) is 10.6. The maximum absolute atomic E-state index is 13.8. The average molecular weight is 536 g/mol. The zero-order valence-corrected chi connectivity index (χ0v) is 21.8. The molecule has 1 aliphatic carbocycles. The van der Waals surface area contributed by atoms with Gasteiger partial charge in [0.2, 0.25) is 0 Å². The molecule has 1 aromatic carbocycles. The van der Waals surface area contributed by atoms with Gasteiger partial charge < -0.3 is 24.3 Å². The zero-order valence-electron chi connectivity index (χ0n) is 20.2. The normalized spacial score (nSPS) is 22.1. The first-order valence-electron chi connectivity index (χ1n) is 11.2. The van der Waals surface area contributed by atoms with E-state index in [1.165, 1.54) is 14.2 Å². The molecule has 0 aromatic heterocycles. The van der Waals surface area contributed by atoms with Crippen molar-refractivity contribution in [2.75, 3.05) is 27.4 Å². The minimum atomic E-state index is -0.956. The third-order valence-corrected chi connectivity index (χ3v) is 6.70. The number of carbonyl (C=O) groups is 3. The van der Waals surface area contributed by atoms with E-state index in [2.05, 4.69) is 21.2 Å². The number of Topliss-reactive ketones (excluding diaryl/α,β-unsaturated/α-hetero) is 1.